The number of rotatable bonds is 6. The fraction of sp³-hybridized carbons (Fsp3) is 0.471. The summed E-state index contributed by atoms with van der Waals surface area (Å²) in [7, 11) is 0. The molecule has 1 aromatic rings. The smallest absolute Gasteiger partial charge is 0.347 e. The monoisotopic (exact) mass is 316 g/mol. The quantitative estimate of drug-likeness (QED) is 0.810. The van der Waals surface area contributed by atoms with Crippen molar-refractivity contribution in [3.8, 4) is 11.8 Å². The lowest BCUT2D eigenvalue weighted by atomic mass is 10.00. The number of hydrogen-bond donors (Lipinski definition) is 1. The van der Waals surface area contributed by atoms with Crippen LogP contribution in [0.3, 0.4) is 0 Å². The molecule has 1 amide bonds. The topological polar surface area (TPSA) is 88.4 Å². The van der Waals surface area contributed by atoms with Gasteiger partial charge in [-0.05, 0) is 44.7 Å². The highest BCUT2D eigenvalue weighted by Crippen LogP contribution is 2.28. The molecule has 2 rings (SSSR count). The summed E-state index contributed by atoms with van der Waals surface area (Å²) in [6.45, 7) is 1.14. The summed E-state index contributed by atoms with van der Waals surface area (Å²) in [5.41, 5.74) is -0.810. The van der Waals surface area contributed by atoms with Gasteiger partial charge in [-0.1, -0.05) is 18.2 Å². The molecule has 6 nitrogen and oxygen atoms in total. The van der Waals surface area contributed by atoms with Crippen LogP contribution in [-0.4, -0.2) is 30.1 Å². The van der Waals surface area contributed by atoms with E-state index < -0.39 is 30.1 Å². The van der Waals surface area contributed by atoms with Crippen molar-refractivity contribution >= 4 is 11.9 Å². The lowest BCUT2D eigenvalue weighted by molar-refractivity contribution is -0.155. The van der Waals surface area contributed by atoms with Gasteiger partial charge in [-0.15, -0.1) is 0 Å². The summed E-state index contributed by atoms with van der Waals surface area (Å²) < 4.78 is 10.4. The Morgan fingerprint density at radius 2 is 1.96 bits per heavy atom. The predicted octanol–water partition coefficient (Wildman–Crippen LogP) is 1.95. The van der Waals surface area contributed by atoms with Gasteiger partial charge in [0.1, 0.15) is 11.3 Å². The maximum atomic E-state index is 11.9. The second-order valence-corrected chi connectivity index (χ2v) is 5.63. The van der Waals surface area contributed by atoms with Crippen LogP contribution in [0.2, 0.25) is 0 Å². The van der Waals surface area contributed by atoms with Crippen molar-refractivity contribution in [3.05, 3.63) is 30.3 Å². The molecule has 1 N–H and O–H groups in total. The molecule has 1 aliphatic rings. The second-order valence-electron chi connectivity index (χ2n) is 5.63. The fourth-order valence-electron chi connectivity index (χ4n) is 2.55. The number of nitrogens with zero attached hydrogens (tertiary/aromatic N) is 1. The van der Waals surface area contributed by atoms with Crippen LogP contribution in [0.1, 0.15) is 32.6 Å². The molecule has 1 fully saturated rings. The first-order chi connectivity index (χ1) is 11.0. The van der Waals surface area contributed by atoms with E-state index in [-0.39, 0.29) is 0 Å². The number of nitrogens with one attached hydrogen (secondary N) is 1. The average Bonchev–Trinajstić information content (AvgIpc) is 3.02. The standard InChI is InChI=1S/C17H20N2O4/c1-13(23-14-7-3-2-4-8-14)16(21)22-11-15(20)19-17(12-18)9-5-6-10-17/h2-4,7-8,13H,5-6,9-11H2,1H3,(H,19,20)/t13-/m0/s1. The minimum atomic E-state index is -0.818. The van der Waals surface area contributed by atoms with E-state index in [2.05, 4.69) is 11.4 Å². The molecule has 122 valence electrons. The summed E-state index contributed by atoms with van der Waals surface area (Å²) in [6.07, 6.45) is 2.28. The van der Waals surface area contributed by atoms with Crippen molar-refractivity contribution in [1.82, 2.24) is 5.32 Å². The molecule has 0 radical (unpaired) electrons. The molecule has 0 spiro atoms. The summed E-state index contributed by atoms with van der Waals surface area (Å²) >= 11 is 0. The first-order valence-corrected chi connectivity index (χ1v) is 7.65. The Morgan fingerprint density at radius 1 is 1.30 bits per heavy atom. The van der Waals surface area contributed by atoms with Crippen molar-refractivity contribution in [1.29, 1.82) is 5.26 Å². The maximum absolute atomic E-state index is 11.9. The van der Waals surface area contributed by atoms with Gasteiger partial charge in [0, 0.05) is 0 Å². The Balaban J connectivity index is 1.77. The van der Waals surface area contributed by atoms with E-state index in [1.807, 2.05) is 6.07 Å². The third kappa shape index (κ3) is 4.71. The highest BCUT2D eigenvalue weighted by atomic mass is 16.6. The largest absolute Gasteiger partial charge is 0.479 e. The number of esters is 1. The van der Waals surface area contributed by atoms with Gasteiger partial charge in [0.25, 0.3) is 5.91 Å². The van der Waals surface area contributed by atoms with Gasteiger partial charge in [-0.2, -0.15) is 5.26 Å². The van der Waals surface area contributed by atoms with Gasteiger partial charge in [0.15, 0.2) is 12.7 Å². The highest BCUT2D eigenvalue weighted by molar-refractivity contribution is 5.82. The Labute approximate surface area is 135 Å². The zero-order chi connectivity index (χ0) is 16.7. The minimum absolute atomic E-state index is 0.412. The van der Waals surface area contributed by atoms with Crippen molar-refractivity contribution in [2.75, 3.05) is 6.61 Å². The molecule has 0 aromatic heterocycles. The van der Waals surface area contributed by atoms with Gasteiger partial charge in [-0.25, -0.2) is 4.79 Å². The molecule has 23 heavy (non-hydrogen) atoms. The number of para-hydroxylation sites is 1. The van der Waals surface area contributed by atoms with Gasteiger partial charge in [0.2, 0.25) is 0 Å². The first-order valence-electron chi connectivity index (χ1n) is 7.65. The Morgan fingerprint density at radius 3 is 2.57 bits per heavy atom. The number of benzene rings is 1. The van der Waals surface area contributed by atoms with E-state index in [4.69, 9.17) is 9.47 Å². The Hall–Kier alpha value is -2.55. The highest BCUT2D eigenvalue weighted by Gasteiger charge is 2.35. The molecule has 0 heterocycles. The predicted molar refractivity (Wildman–Crippen MR) is 82.4 cm³/mol. The zero-order valence-electron chi connectivity index (χ0n) is 13.1. The summed E-state index contributed by atoms with van der Waals surface area (Å²) in [6, 6.07) is 11.0. The van der Waals surface area contributed by atoms with Crippen molar-refractivity contribution in [3.63, 3.8) is 0 Å². The number of amides is 1. The molecular weight excluding hydrogens is 296 g/mol. The van der Waals surface area contributed by atoms with Crippen LogP contribution >= 0.6 is 0 Å². The molecule has 0 aliphatic heterocycles. The van der Waals surface area contributed by atoms with E-state index in [9.17, 15) is 14.9 Å². The Bertz CT molecular complexity index is 588. The molecule has 0 saturated heterocycles. The number of nitriles is 1. The Kier molecular flexibility index (Phi) is 5.58. The number of carbonyl (C=O) groups is 2. The van der Waals surface area contributed by atoms with Crippen LogP contribution in [0.25, 0.3) is 0 Å². The fourth-order valence-corrected chi connectivity index (χ4v) is 2.55. The van der Waals surface area contributed by atoms with Crippen LogP contribution in [-0.2, 0) is 14.3 Å². The van der Waals surface area contributed by atoms with Crippen LogP contribution in [0, 0.1) is 11.3 Å². The number of carbonyl (C=O) groups excluding carboxylic acids is 2. The SMILES string of the molecule is C[C@H](Oc1ccccc1)C(=O)OCC(=O)NC1(C#N)CCCC1. The van der Waals surface area contributed by atoms with Crippen molar-refractivity contribution < 1.29 is 19.1 Å². The van der Waals surface area contributed by atoms with Gasteiger partial charge in [-0.3, -0.25) is 4.79 Å². The van der Waals surface area contributed by atoms with Crippen molar-refractivity contribution in [2.24, 2.45) is 0 Å². The molecule has 0 unspecified atom stereocenters. The van der Waals surface area contributed by atoms with Crippen LogP contribution in [0.15, 0.2) is 30.3 Å². The van der Waals surface area contributed by atoms with E-state index in [1.165, 1.54) is 0 Å². The van der Waals surface area contributed by atoms with Crippen LogP contribution in [0.4, 0.5) is 0 Å². The van der Waals surface area contributed by atoms with E-state index in [0.717, 1.165) is 12.8 Å². The van der Waals surface area contributed by atoms with Crippen LogP contribution in [0.5, 0.6) is 5.75 Å². The summed E-state index contributed by atoms with van der Waals surface area (Å²) in [4.78, 5) is 23.7. The van der Waals surface area contributed by atoms with E-state index in [0.29, 0.717) is 18.6 Å². The lowest BCUT2D eigenvalue weighted by Gasteiger charge is -2.22. The van der Waals surface area contributed by atoms with Gasteiger partial charge < -0.3 is 14.8 Å². The van der Waals surface area contributed by atoms with Crippen molar-refractivity contribution in [2.45, 2.75) is 44.2 Å². The van der Waals surface area contributed by atoms with Crippen LogP contribution < -0.4 is 10.1 Å². The number of hydrogen-bond acceptors (Lipinski definition) is 5. The first kappa shape index (κ1) is 16.8. The third-order valence-electron chi connectivity index (χ3n) is 3.78. The third-order valence-corrected chi connectivity index (χ3v) is 3.78. The molecule has 0 bridgehead atoms. The summed E-state index contributed by atoms with van der Waals surface area (Å²) in [5, 5.41) is 11.9. The normalized spacial score (nSPS) is 16.9. The number of ether oxygens (including phenoxy) is 2. The summed E-state index contributed by atoms with van der Waals surface area (Å²) in [5.74, 6) is -0.536. The van der Waals surface area contributed by atoms with Gasteiger partial charge >= 0.3 is 5.97 Å². The minimum Gasteiger partial charge on any atom is -0.479 e. The molecule has 6 heteroatoms. The second kappa shape index (κ2) is 7.63. The van der Waals surface area contributed by atoms with Gasteiger partial charge in [0.05, 0.1) is 6.07 Å². The average molecular weight is 316 g/mol. The van der Waals surface area contributed by atoms with E-state index >= 15 is 0 Å². The lowest BCUT2D eigenvalue weighted by Crippen LogP contribution is -2.47. The molecule has 1 saturated carbocycles. The zero-order valence-corrected chi connectivity index (χ0v) is 13.1. The molecular formula is C17H20N2O4. The van der Waals surface area contributed by atoms with E-state index in [1.54, 1.807) is 31.2 Å². The maximum Gasteiger partial charge on any atom is 0.347 e. The molecule has 1 aliphatic carbocycles. The molecule has 1 atom stereocenters. The molecule has 1 aromatic carbocycles.